The van der Waals surface area contributed by atoms with Crippen LogP contribution in [0.1, 0.15) is 42.8 Å². The van der Waals surface area contributed by atoms with Crippen LogP contribution in [0.2, 0.25) is 0 Å². The fourth-order valence-electron chi connectivity index (χ4n) is 3.73. The molecule has 0 aliphatic carbocycles. The number of ether oxygens (including phenoxy) is 1. The van der Waals surface area contributed by atoms with Gasteiger partial charge in [-0.25, -0.2) is 9.67 Å². The number of benzene rings is 1. The van der Waals surface area contributed by atoms with Gasteiger partial charge in [-0.3, -0.25) is 4.79 Å². The lowest BCUT2D eigenvalue weighted by Crippen LogP contribution is -2.15. The Morgan fingerprint density at radius 1 is 1.14 bits per heavy atom. The molecule has 3 aromatic rings. The van der Waals surface area contributed by atoms with E-state index in [4.69, 9.17) is 14.8 Å². The zero-order valence-corrected chi connectivity index (χ0v) is 16.2. The topological polar surface area (TPSA) is 72.8 Å². The Balaban J connectivity index is 1.70. The second kappa shape index (κ2) is 8.52. The van der Waals surface area contributed by atoms with Crippen molar-refractivity contribution in [2.75, 3.05) is 13.2 Å². The van der Waals surface area contributed by atoms with Crippen LogP contribution in [-0.4, -0.2) is 33.0 Å². The minimum atomic E-state index is -0.0828. The number of rotatable bonds is 6. The van der Waals surface area contributed by atoms with Crippen LogP contribution in [0.3, 0.4) is 0 Å². The zero-order chi connectivity index (χ0) is 19.3. The van der Waals surface area contributed by atoms with Crippen LogP contribution >= 0.6 is 0 Å². The number of H-pyrrole nitrogens is 1. The smallest absolute Gasteiger partial charge is 0.248 e. The van der Waals surface area contributed by atoms with E-state index < -0.39 is 0 Å². The number of nitrogens with one attached hydrogen (secondary N) is 1. The fourth-order valence-corrected chi connectivity index (χ4v) is 3.73. The highest BCUT2D eigenvalue weighted by molar-refractivity contribution is 5.58. The Kier molecular flexibility index (Phi) is 5.67. The first-order chi connectivity index (χ1) is 13.7. The van der Waals surface area contributed by atoms with Crippen molar-refractivity contribution in [1.82, 2.24) is 19.7 Å². The summed E-state index contributed by atoms with van der Waals surface area (Å²) in [5.41, 5.74) is 3.05. The molecular formula is C22H26N4O2. The molecule has 2 aromatic heterocycles. The number of nitrogens with zero attached hydrogens (tertiary/aromatic N) is 3. The summed E-state index contributed by atoms with van der Waals surface area (Å²) in [6.45, 7) is 4.31. The second-order valence-electron chi connectivity index (χ2n) is 7.21. The molecule has 0 unspecified atom stereocenters. The Bertz CT molecular complexity index is 972. The third-order valence-corrected chi connectivity index (χ3v) is 5.32. The zero-order valence-electron chi connectivity index (χ0n) is 16.2. The lowest BCUT2D eigenvalue weighted by Gasteiger charge is -2.18. The summed E-state index contributed by atoms with van der Waals surface area (Å²) >= 11 is 0. The maximum absolute atomic E-state index is 11.8. The predicted molar refractivity (Wildman–Crippen MR) is 108 cm³/mol. The molecule has 6 heteroatoms. The van der Waals surface area contributed by atoms with Crippen LogP contribution in [-0.2, 0) is 24.1 Å². The summed E-state index contributed by atoms with van der Waals surface area (Å²) in [6.07, 6.45) is 3.53. The Morgan fingerprint density at radius 3 is 2.68 bits per heavy atom. The van der Waals surface area contributed by atoms with Crippen molar-refractivity contribution in [3.63, 3.8) is 0 Å². The molecule has 0 spiro atoms. The van der Waals surface area contributed by atoms with Crippen LogP contribution in [0.25, 0.3) is 11.4 Å². The van der Waals surface area contributed by atoms with Gasteiger partial charge in [0.1, 0.15) is 0 Å². The molecule has 1 aliphatic rings. The van der Waals surface area contributed by atoms with Crippen molar-refractivity contribution in [3.8, 4) is 11.4 Å². The number of aromatic amines is 1. The van der Waals surface area contributed by atoms with Gasteiger partial charge in [0.05, 0.1) is 0 Å². The van der Waals surface area contributed by atoms with Gasteiger partial charge in [-0.1, -0.05) is 37.3 Å². The van der Waals surface area contributed by atoms with E-state index in [1.165, 1.54) is 5.56 Å². The van der Waals surface area contributed by atoms with Gasteiger partial charge in [0, 0.05) is 43.0 Å². The predicted octanol–water partition coefficient (Wildman–Crippen LogP) is 3.33. The van der Waals surface area contributed by atoms with Crippen molar-refractivity contribution in [2.24, 2.45) is 0 Å². The summed E-state index contributed by atoms with van der Waals surface area (Å²) in [7, 11) is 0. The molecule has 0 bridgehead atoms. The van der Waals surface area contributed by atoms with Crippen LogP contribution < -0.4 is 5.56 Å². The lowest BCUT2D eigenvalue weighted by atomic mass is 10.00. The van der Waals surface area contributed by atoms with Gasteiger partial charge < -0.3 is 9.72 Å². The summed E-state index contributed by atoms with van der Waals surface area (Å²) in [5.74, 6) is 2.06. The average molecular weight is 378 g/mol. The number of pyridine rings is 1. The van der Waals surface area contributed by atoms with Crippen LogP contribution in [0.15, 0.2) is 47.3 Å². The summed E-state index contributed by atoms with van der Waals surface area (Å²) in [6, 6.07) is 13.8. The van der Waals surface area contributed by atoms with Gasteiger partial charge in [0.25, 0.3) is 0 Å². The molecule has 146 valence electrons. The SMILES string of the molecule is CCc1[nH]c(=O)ccc1-c1nc(C2CCOCC2)nn1CCc1ccccc1. The Hall–Kier alpha value is -2.73. The molecule has 1 aliphatic heterocycles. The summed E-state index contributed by atoms with van der Waals surface area (Å²) in [4.78, 5) is 19.7. The average Bonchev–Trinajstić information content (AvgIpc) is 3.17. The van der Waals surface area contributed by atoms with E-state index in [-0.39, 0.29) is 5.56 Å². The third kappa shape index (κ3) is 4.07. The molecule has 1 fully saturated rings. The quantitative estimate of drug-likeness (QED) is 0.714. The van der Waals surface area contributed by atoms with Crippen molar-refractivity contribution in [1.29, 1.82) is 0 Å². The summed E-state index contributed by atoms with van der Waals surface area (Å²) < 4.78 is 7.50. The fraction of sp³-hybridized carbons (Fsp3) is 0.409. The van der Waals surface area contributed by atoms with Gasteiger partial charge in [0.2, 0.25) is 5.56 Å². The molecule has 0 atom stereocenters. The normalized spacial score (nSPS) is 15.0. The highest BCUT2D eigenvalue weighted by atomic mass is 16.5. The van der Waals surface area contributed by atoms with E-state index in [1.54, 1.807) is 6.07 Å². The van der Waals surface area contributed by atoms with Crippen LogP contribution in [0.4, 0.5) is 0 Å². The van der Waals surface area contributed by atoms with Gasteiger partial charge >= 0.3 is 0 Å². The van der Waals surface area contributed by atoms with E-state index in [0.29, 0.717) is 5.92 Å². The maximum atomic E-state index is 11.8. The third-order valence-electron chi connectivity index (χ3n) is 5.32. The Morgan fingerprint density at radius 2 is 1.93 bits per heavy atom. The molecule has 0 radical (unpaired) electrons. The molecule has 28 heavy (non-hydrogen) atoms. The van der Waals surface area contributed by atoms with Gasteiger partial charge in [-0.15, -0.1) is 0 Å². The Labute approximate surface area is 164 Å². The molecule has 6 nitrogen and oxygen atoms in total. The molecule has 1 N–H and O–H groups in total. The van der Waals surface area contributed by atoms with Crippen molar-refractivity contribution in [2.45, 2.75) is 45.1 Å². The monoisotopic (exact) mass is 378 g/mol. The number of aromatic nitrogens is 4. The molecular weight excluding hydrogens is 352 g/mol. The standard InChI is InChI=1S/C22H26N4O2/c1-2-19-18(8-9-20(27)23-19)22-24-21(17-11-14-28-15-12-17)25-26(22)13-10-16-6-4-3-5-7-16/h3-9,17H,2,10-15H2,1H3,(H,23,27). The van der Waals surface area contributed by atoms with E-state index in [2.05, 4.69) is 29.2 Å². The number of hydrogen-bond donors (Lipinski definition) is 1. The first-order valence-electron chi connectivity index (χ1n) is 10.0. The van der Waals surface area contributed by atoms with Crippen molar-refractivity contribution >= 4 is 0 Å². The minimum absolute atomic E-state index is 0.0828. The largest absolute Gasteiger partial charge is 0.381 e. The first kappa shape index (κ1) is 18.6. The highest BCUT2D eigenvalue weighted by Crippen LogP contribution is 2.28. The van der Waals surface area contributed by atoms with E-state index >= 15 is 0 Å². The van der Waals surface area contributed by atoms with E-state index in [1.807, 2.05) is 23.7 Å². The molecule has 0 amide bonds. The summed E-state index contributed by atoms with van der Waals surface area (Å²) in [5, 5.41) is 4.88. The first-order valence-corrected chi connectivity index (χ1v) is 10.0. The van der Waals surface area contributed by atoms with Crippen molar-refractivity contribution < 1.29 is 4.74 Å². The lowest BCUT2D eigenvalue weighted by molar-refractivity contribution is 0.0835. The number of aryl methyl sites for hydroxylation is 3. The maximum Gasteiger partial charge on any atom is 0.248 e. The molecule has 3 heterocycles. The van der Waals surface area contributed by atoms with E-state index in [9.17, 15) is 4.79 Å². The molecule has 4 rings (SSSR count). The van der Waals surface area contributed by atoms with Gasteiger partial charge in [-0.05, 0) is 37.3 Å². The van der Waals surface area contributed by atoms with Crippen LogP contribution in [0.5, 0.6) is 0 Å². The van der Waals surface area contributed by atoms with Gasteiger partial charge in [0.15, 0.2) is 11.6 Å². The van der Waals surface area contributed by atoms with E-state index in [0.717, 1.165) is 68.3 Å². The van der Waals surface area contributed by atoms with Crippen LogP contribution in [0, 0.1) is 0 Å². The molecule has 1 saturated heterocycles. The molecule has 0 saturated carbocycles. The van der Waals surface area contributed by atoms with Gasteiger partial charge in [-0.2, -0.15) is 5.10 Å². The minimum Gasteiger partial charge on any atom is -0.381 e. The second-order valence-corrected chi connectivity index (χ2v) is 7.21. The van der Waals surface area contributed by atoms with Crippen molar-refractivity contribution in [3.05, 3.63) is 69.9 Å². The highest BCUT2D eigenvalue weighted by Gasteiger charge is 2.23. The molecule has 1 aromatic carbocycles. The number of hydrogen-bond acceptors (Lipinski definition) is 4.